The van der Waals surface area contributed by atoms with Gasteiger partial charge in [-0.3, -0.25) is 0 Å². The van der Waals surface area contributed by atoms with Gasteiger partial charge in [0.15, 0.2) is 0 Å². The molecular weight excluding hydrogens is 126 g/mol. The van der Waals surface area contributed by atoms with Crippen LogP contribution in [-0.2, 0) is 0 Å². The predicted octanol–water partition coefficient (Wildman–Crippen LogP) is 1.98. The minimum atomic E-state index is 0.227. The Bertz CT molecular complexity index is 101. The van der Waals surface area contributed by atoms with E-state index in [0.717, 1.165) is 6.42 Å². The van der Waals surface area contributed by atoms with E-state index in [2.05, 4.69) is 11.7 Å². The summed E-state index contributed by atoms with van der Waals surface area (Å²) in [4.78, 5) is 0. The Kier molecular flexibility index (Phi) is 4.36. The van der Waals surface area contributed by atoms with Crippen molar-refractivity contribution in [3.8, 4) is 0 Å². The van der Waals surface area contributed by atoms with Crippen molar-refractivity contribution in [2.45, 2.75) is 12.8 Å². The average molecular weight is 134 g/mol. The van der Waals surface area contributed by atoms with E-state index in [1.165, 1.54) is 0 Å². The highest BCUT2D eigenvalue weighted by Crippen LogP contribution is 1.96. The molecule has 46 valence electrons. The second kappa shape index (κ2) is 4.65. The fourth-order valence-corrected chi connectivity index (χ4v) is 0.380. The molecule has 0 bridgehead atoms. The van der Waals surface area contributed by atoms with Crippen LogP contribution in [0.25, 0.3) is 0 Å². The molecule has 0 atom stereocenters. The van der Waals surface area contributed by atoms with Gasteiger partial charge in [-0.25, -0.2) is 0 Å². The molecule has 1 N–H and O–H groups in total. The van der Waals surface area contributed by atoms with Gasteiger partial charge in [-0.15, -0.1) is 6.58 Å². The third-order valence-corrected chi connectivity index (χ3v) is 0.928. The van der Waals surface area contributed by atoms with Crippen LogP contribution in [0.3, 0.4) is 0 Å². The van der Waals surface area contributed by atoms with E-state index in [-0.39, 0.29) is 5.17 Å². The fourth-order valence-electron chi connectivity index (χ4n) is 0.271. The first-order valence-electron chi connectivity index (χ1n) is 2.28. The number of allylic oxidation sites excluding steroid dienone is 1. The molecule has 0 fully saturated rings. The summed E-state index contributed by atoms with van der Waals surface area (Å²) in [5.41, 5.74) is 0. The second-order valence-electron chi connectivity index (χ2n) is 1.30. The molecule has 3 heteroatoms. The van der Waals surface area contributed by atoms with Crippen LogP contribution < -0.4 is 0 Å². The fraction of sp³-hybridized carbons (Fsp3) is 0.400. The van der Waals surface area contributed by atoms with Crippen molar-refractivity contribution >= 4 is 16.8 Å². The van der Waals surface area contributed by atoms with Gasteiger partial charge in [-0.1, -0.05) is 22.8 Å². The molecule has 0 amide bonds. The number of rotatable bonds is 3. The SMILES string of the molecule is C=CCCC(Cl)=NO. The maximum absolute atomic E-state index is 7.98. The first kappa shape index (κ1) is 7.50. The molecule has 0 saturated heterocycles. The van der Waals surface area contributed by atoms with Crippen LogP contribution in [0.5, 0.6) is 0 Å². The molecule has 0 radical (unpaired) electrons. The Morgan fingerprint density at radius 1 is 1.88 bits per heavy atom. The minimum Gasteiger partial charge on any atom is -0.410 e. The van der Waals surface area contributed by atoms with Crippen LogP contribution in [0.15, 0.2) is 17.8 Å². The average Bonchev–Trinajstić information content (AvgIpc) is 1.83. The normalized spacial score (nSPS) is 11.4. The van der Waals surface area contributed by atoms with Crippen molar-refractivity contribution in [1.82, 2.24) is 0 Å². The van der Waals surface area contributed by atoms with Gasteiger partial charge in [0.05, 0.1) is 0 Å². The quantitative estimate of drug-likeness (QED) is 0.272. The molecule has 0 saturated carbocycles. The highest BCUT2D eigenvalue weighted by Gasteiger charge is 1.88. The van der Waals surface area contributed by atoms with Gasteiger partial charge in [0, 0.05) is 6.42 Å². The Balaban J connectivity index is 3.24. The van der Waals surface area contributed by atoms with Gasteiger partial charge in [0.2, 0.25) is 0 Å². The molecule has 0 aliphatic carbocycles. The lowest BCUT2D eigenvalue weighted by molar-refractivity contribution is 0.319. The summed E-state index contributed by atoms with van der Waals surface area (Å²) in [6, 6.07) is 0. The molecule has 0 heterocycles. The molecule has 0 spiro atoms. The van der Waals surface area contributed by atoms with E-state index < -0.39 is 0 Å². The molecule has 8 heavy (non-hydrogen) atoms. The lowest BCUT2D eigenvalue weighted by Crippen LogP contribution is -1.83. The topological polar surface area (TPSA) is 32.6 Å². The zero-order valence-corrected chi connectivity index (χ0v) is 5.23. The minimum absolute atomic E-state index is 0.227. The van der Waals surface area contributed by atoms with Crippen LogP contribution in [0.2, 0.25) is 0 Å². The standard InChI is InChI=1S/C5H8ClNO/c1-2-3-4-5(6)7-8/h2,8H,1,3-4H2. The summed E-state index contributed by atoms with van der Waals surface area (Å²) >= 11 is 5.30. The van der Waals surface area contributed by atoms with Gasteiger partial charge >= 0.3 is 0 Å². The monoisotopic (exact) mass is 133 g/mol. The van der Waals surface area contributed by atoms with E-state index in [4.69, 9.17) is 16.8 Å². The lowest BCUT2D eigenvalue weighted by atomic mass is 10.3. The molecule has 0 aliphatic rings. The van der Waals surface area contributed by atoms with E-state index in [1.54, 1.807) is 6.08 Å². The number of halogens is 1. The van der Waals surface area contributed by atoms with Gasteiger partial charge in [0.25, 0.3) is 0 Å². The van der Waals surface area contributed by atoms with Crippen LogP contribution in [0, 0.1) is 0 Å². The van der Waals surface area contributed by atoms with Crippen molar-refractivity contribution in [3.05, 3.63) is 12.7 Å². The van der Waals surface area contributed by atoms with Crippen LogP contribution >= 0.6 is 11.6 Å². The van der Waals surface area contributed by atoms with Gasteiger partial charge in [-0.2, -0.15) is 0 Å². The first-order chi connectivity index (χ1) is 3.81. The number of hydrogen-bond acceptors (Lipinski definition) is 2. The highest BCUT2D eigenvalue weighted by atomic mass is 35.5. The van der Waals surface area contributed by atoms with Crippen LogP contribution in [-0.4, -0.2) is 10.4 Å². The summed E-state index contributed by atoms with van der Waals surface area (Å²) in [5.74, 6) is 0. The second-order valence-corrected chi connectivity index (χ2v) is 1.74. The largest absolute Gasteiger partial charge is 0.410 e. The molecule has 0 aromatic heterocycles. The highest BCUT2D eigenvalue weighted by molar-refractivity contribution is 6.65. The lowest BCUT2D eigenvalue weighted by Gasteiger charge is -1.86. The van der Waals surface area contributed by atoms with Crippen molar-refractivity contribution < 1.29 is 5.21 Å². The van der Waals surface area contributed by atoms with E-state index in [9.17, 15) is 0 Å². The number of oxime groups is 1. The molecule has 2 nitrogen and oxygen atoms in total. The summed E-state index contributed by atoms with van der Waals surface area (Å²) in [6.07, 6.45) is 3.04. The molecule has 0 aliphatic heterocycles. The molecule has 0 aromatic carbocycles. The first-order valence-corrected chi connectivity index (χ1v) is 2.66. The van der Waals surface area contributed by atoms with Gasteiger partial charge in [-0.05, 0) is 6.42 Å². The van der Waals surface area contributed by atoms with Crippen LogP contribution in [0.4, 0.5) is 0 Å². The third kappa shape index (κ3) is 3.68. The number of nitrogens with zero attached hydrogens (tertiary/aromatic N) is 1. The molecule has 0 rings (SSSR count). The van der Waals surface area contributed by atoms with Crippen molar-refractivity contribution in [3.63, 3.8) is 0 Å². The van der Waals surface area contributed by atoms with E-state index in [1.807, 2.05) is 0 Å². The van der Waals surface area contributed by atoms with E-state index in [0.29, 0.717) is 6.42 Å². The summed E-state index contributed by atoms with van der Waals surface area (Å²) in [6.45, 7) is 3.47. The zero-order valence-electron chi connectivity index (χ0n) is 4.47. The molecule has 0 aromatic rings. The van der Waals surface area contributed by atoms with Crippen LogP contribution in [0.1, 0.15) is 12.8 Å². The Morgan fingerprint density at radius 3 is 2.88 bits per heavy atom. The van der Waals surface area contributed by atoms with E-state index >= 15 is 0 Å². The maximum atomic E-state index is 7.98. The maximum Gasteiger partial charge on any atom is 0.145 e. The third-order valence-electron chi connectivity index (χ3n) is 0.663. The summed E-state index contributed by atoms with van der Waals surface area (Å²) < 4.78 is 0. The smallest absolute Gasteiger partial charge is 0.145 e. The van der Waals surface area contributed by atoms with Crippen molar-refractivity contribution in [2.75, 3.05) is 0 Å². The predicted molar refractivity (Wildman–Crippen MR) is 34.5 cm³/mol. The Labute approximate surface area is 53.5 Å². The Hall–Kier alpha value is -0.500. The van der Waals surface area contributed by atoms with Gasteiger partial charge < -0.3 is 5.21 Å². The number of hydrogen-bond donors (Lipinski definition) is 1. The van der Waals surface area contributed by atoms with Crippen molar-refractivity contribution in [2.24, 2.45) is 5.16 Å². The van der Waals surface area contributed by atoms with Gasteiger partial charge in [0.1, 0.15) is 5.17 Å². The summed E-state index contributed by atoms with van der Waals surface area (Å²) in [5, 5.41) is 11.0. The molecular formula is C5H8ClNO. The molecule has 0 unspecified atom stereocenters. The zero-order chi connectivity index (χ0) is 6.41. The summed E-state index contributed by atoms with van der Waals surface area (Å²) in [7, 11) is 0. The Morgan fingerprint density at radius 2 is 2.50 bits per heavy atom. The van der Waals surface area contributed by atoms with Crippen molar-refractivity contribution in [1.29, 1.82) is 0 Å².